The van der Waals surface area contributed by atoms with Crippen molar-refractivity contribution in [2.45, 2.75) is 25.7 Å². The van der Waals surface area contributed by atoms with Crippen LogP contribution in [-0.2, 0) is 16.6 Å². The quantitative estimate of drug-likeness (QED) is 0.789. The summed E-state index contributed by atoms with van der Waals surface area (Å²) in [6, 6.07) is 7.35. The van der Waals surface area contributed by atoms with Crippen molar-refractivity contribution in [2.24, 2.45) is 0 Å². The van der Waals surface area contributed by atoms with Gasteiger partial charge >= 0.3 is 5.97 Å². The van der Waals surface area contributed by atoms with Gasteiger partial charge in [-0.05, 0) is 11.1 Å². The topological polar surface area (TPSA) is 57.5 Å². The van der Waals surface area contributed by atoms with Crippen molar-refractivity contribution in [3.8, 4) is 0 Å². The minimum Gasteiger partial charge on any atom is -0.481 e. The highest BCUT2D eigenvalue weighted by molar-refractivity contribution is 5.70. The molecule has 0 aliphatic rings. The summed E-state index contributed by atoms with van der Waals surface area (Å²) >= 11 is 0. The third-order valence-corrected chi connectivity index (χ3v) is 2.46. The summed E-state index contributed by atoms with van der Waals surface area (Å²) in [6.45, 7) is 3.89. The van der Waals surface area contributed by atoms with E-state index in [1.54, 1.807) is 6.07 Å². The van der Waals surface area contributed by atoms with Crippen molar-refractivity contribution in [1.82, 2.24) is 0 Å². The van der Waals surface area contributed by atoms with Crippen LogP contribution in [0.4, 0.5) is 0 Å². The van der Waals surface area contributed by atoms with E-state index in [2.05, 4.69) is 0 Å². The van der Waals surface area contributed by atoms with Gasteiger partial charge in [-0.2, -0.15) is 0 Å². The van der Waals surface area contributed by atoms with Gasteiger partial charge in [0, 0.05) is 5.41 Å². The van der Waals surface area contributed by atoms with Gasteiger partial charge in [-0.1, -0.05) is 38.1 Å². The first-order chi connectivity index (χ1) is 6.95. The van der Waals surface area contributed by atoms with Crippen LogP contribution < -0.4 is 0 Å². The van der Waals surface area contributed by atoms with Gasteiger partial charge in [-0.15, -0.1) is 0 Å². The number of benzene rings is 1. The molecule has 0 spiro atoms. The number of carboxylic acids is 1. The van der Waals surface area contributed by atoms with E-state index in [1.807, 2.05) is 32.0 Å². The predicted octanol–water partition coefficient (Wildman–Crippen LogP) is 1.58. The van der Waals surface area contributed by atoms with E-state index in [-0.39, 0.29) is 18.4 Å². The number of carbonyl (C=O) groups is 1. The van der Waals surface area contributed by atoms with Crippen LogP contribution in [-0.4, -0.2) is 22.8 Å². The van der Waals surface area contributed by atoms with Crippen LogP contribution in [0, 0.1) is 0 Å². The van der Waals surface area contributed by atoms with Gasteiger partial charge in [-0.3, -0.25) is 4.79 Å². The van der Waals surface area contributed by atoms with Crippen LogP contribution in [0.1, 0.15) is 25.0 Å². The van der Waals surface area contributed by atoms with Crippen molar-refractivity contribution >= 4 is 5.97 Å². The molecule has 82 valence electrons. The Morgan fingerprint density at radius 3 is 2.60 bits per heavy atom. The fourth-order valence-corrected chi connectivity index (χ4v) is 1.37. The number of rotatable bonds is 4. The highest BCUT2D eigenvalue weighted by atomic mass is 16.4. The Labute approximate surface area is 89.4 Å². The fourth-order valence-electron chi connectivity index (χ4n) is 1.37. The largest absolute Gasteiger partial charge is 0.481 e. The van der Waals surface area contributed by atoms with Crippen LogP contribution in [0.15, 0.2) is 24.3 Å². The first-order valence-electron chi connectivity index (χ1n) is 4.88. The smallest absolute Gasteiger partial charge is 0.307 e. The molecule has 0 radical (unpaired) electrons. The molecule has 0 saturated heterocycles. The van der Waals surface area contributed by atoms with Crippen molar-refractivity contribution in [2.75, 3.05) is 6.61 Å². The average molecular weight is 208 g/mol. The van der Waals surface area contributed by atoms with E-state index in [0.29, 0.717) is 0 Å². The summed E-state index contributed by atoms with van der Waals surface area (Å²) in [6.07, 6.45) is 0.0232. The van der Waals surface area contributed by atoms with Gasteiger partial charge in [0.2, 0.25) is 0 Å². The lowest BCUT2D eigenvalue weighted by molar-refractivity contribution is -0.136. The molecule has 0 fully saturated rings. The maximum atomic E-state index is 10.5. The first-order valence-corrected chi connectivity index (χ1v) is 4.88. The summed E-state index contributed by atoms with van der Waals surface area (Å²) in [5.74, 6) is -0.839. The van der Waals surface area contributed by atoms with E-state index in [4.69, 9.17) is 5.11 Å². The standard InChI is InChI=1S/C12H16O3/c1-12(2,8-13)10-5-3-4-9(6-10)7-11(14)15/h3-6,13H,7-8H2,1-2H3,(H,14,15). The molecule has 0 atom stereocenters. The van der Waals surface area contributed by atoms with Crippen LogP contribution >= 0.6 is 0 Å². The molecule has 1 aromatic rings. The van der Waals surface area contributed by atoms with Crippen molar-refractivity contribution in [3.63, 3.8) is 0 Å². The lowest BCUT2D eigenvalue weighted by Crippen LogP contribution is -2.22. The lowest BCUT2D eigenvalue weighted by Gasteiger charge is -2.22. The number of aliphatic hydroxyl groups is 1. The molecule has 15 heavy (non-hydrogen) atoms. The zero-order valence-electron chi connectivity index (χ0n) is 9.03. The molecule has 0 aliphatic carbocycles. The maximum absolute atomic E-state index is 10.5. The molecule has 3 heteroatoms. The molecule has 0 saturated carbocycles. The monoisotopic (exact) mass is 208 g/mol. The molecule has 1 rings (SSSR count). The number of aliphatic hydroxyl groups excluding tert-OH is 1. The molecular weight excluding hydrogens is 192 g/mol. The summed E-state index contributed by atoms with van der Waals surface area (Å²) in [7, 11) is 0. The van der Waals surface area contributed by atoms with Gasteiger partial charge in [0.1, 0.15) is 0 Å². The van der Waals surface area contributed by atoms with Crippen molar-refractivity contribution in [3.05, 3.63) is 35.4 Å². The Morgan fingerprint density at radius 1 is 1.40 bits per heavy atom. The van der Waals surface area contributed by atoms with Gasteiger partial charge < -0.3 is 10.2 Å². The zero-order chi connectivity index (χ0) is 11.5. The minimum absolute atomic E-state index is 0.0232. The molecule has 0 aromatic heterocycles. The molecule has 0 unspecified atom stereocenters. The molecule has 0 aliphatic heterocycles. The summed E-state index contributed by atoms with van der Waals surface area (Å²) < 4.78 is 0. The summed E-state index contributed by atoms with van der Waals surface area (Å²) in [4.78, 5) is 10.5. The van der Waals surface area contributed by atoms with Gasteiger partial charge in [0.25, 0.3) is 0 Å². The normalized spacial score (nSPS) is 11.4. The van der Waals surface area contributed by atoms with Crippen LogP contribution in [0.5, 0.6) is 0 Å². The SMILES string of the molecule is CC(C)(CO)c1cccc(CC(=O)O)c1. The third kappa shape index (κ3) is 3.06. The van der Waals surface area contributed by atoms with E-state index in [0.717, 1.165) is 11.1 Å². The first kappa shape index (κ1) is 11.7. The zero-order valence-corrected chi connectivity index (χ0v) is 9.03. The highest BCUT2D eigenvalue weighted by Crippen LogP contribution is 2.23. The average Bonchev–Trinajstić information content (AvgIpc) is 2.17. The van der Waals surface area contributed by atoms with E-state index in [9.17, 15) is 9.90 Å². The van der Waals surface area contributed by atoms with Gasteiger partial charge in [0.05, 0.1) is 13.0 Å². The second-order valence-corrected chi connectivity index (χ2v) is 4.31. The van der Waals surface area contributed by atoms with Crippen LogP contribution in [0.3, 0.4) is 0 Å². The Kier molecular flexibility index (Phi) is 3.48. The van der Waals surface area contributed by atoms with Gasteiger partial charge in [-0.25, -0.2) is 0 Å². The maximum Gasteiger partial charge on any atom is 0.307 e. The molecule has 0 amide bonds. The Bertz CT molecular complexity index is 356. The number of aliphatic carboxylic acids is 1. The summed E-state index contributed by atoms with van der Waals surface area (Å²) in [5, 5.41) is 17.9. The Morgan fingerprint density at radius 2 is 2.07 bits per heavy atom. The van der Waals surface area contributed by atoms with Crippen LogP contribution in [0.2, 0.25) is 0 Å². The lowest BCUT2D eigenvalue weighted by atomic mass is 9.84. The molecule has 0 heterocycles. The predicted molar refractivity (Wildman–Crippen MR) is 57.9 cm³/mol. The van der Waals surface area contributed by atoms with Crippen molar-refractivity contribution < 1.29 is 15.0 Å². The van der Waals surface area contributed by atoms with E-state index in [1.165, 1.54) is 0 Å². The third-order valence-electron chi connectivity index (χ3n) is 2.46. The molecule has 3 nitrogen and oxygen atoms in total. The van der Waals surface area contributed by atoms with E-state index < -0.39 is 5.97 Å². The molecular formula is C12H16O3. The summed E-state index contributed by atoms with van der Waals surface area (Å²) in [5.41, 5.74) is 1.40. The number of hydrogen-bond donors (Lipinski definition) is 2. The fraction of sp³-hybridized carbons (Fsp3) is 0.417. The molecule has 0 bridgehead atoms. The Hall–Kier alpha value is -1.35. The van der Waals surface area contributed by atoms with Crippen LogP contribution in [0.25, 0.3) is 0 Å². The minimum atomic E-state index is -0.839. The number of carboxylic acid groups (broad SMARTS) is 1. The number of hydrogen-bond acceptors (Lipinski definition) is 2. The van der Waals surface area contributed by atoms with E-state index >= 15 is 0 Å². The molecule has 1 aromatic carbocycles. The van der Waals surface area contributed by atoms with Gasteiger partial charge in [0.15, 0.2) is 0 Å². The second-order valence-electron chi connectivity index (χ2n) is 4.31. The Balaban J connectivity index is 2.97. The molecule has 2 N–H and O–H groups in total. The second kappa shape index (κ2) is 4.45. The van der Waals surface area contributed by atoms with Crippen molar-refractivity contribution in [1.29, 1.82) is 0 Å². The highest BCUT2D eigenvalue weighted by Gasteiger charge is 2.19.